The van der Waals surface area contributed by atoms with Gasteiger partial charge in [-0.15, -0.1) is 0 Å². The Hall–Kier alpha value is -2.20. The lowest BCUT2D eigenvalue weighted by atomic mass is 10.1. The molecule has 0 spiro atoms. The summed E-state index contributed by atoms with van der Waals surface area (Å²) in [5.74, 6) is 0.976. The number of aliphatic hydroxyl groups excluding tert-OH is 1. The molecule has 4 heteroatoms. The summed E-state index contributed by atoms with van der Waals surface area (Å²) in [5, 5.41) is 9.31. The molecule has 0 aliphatic carbocycles. The van der Waals surface area contributed by atoms with Crippen molar-refractivity contribution in [2.24, 2.45) is 7.05 Å². The van der Waals surface area contributed by atoms with Gasteiger partial charge in [0.25, 0.3) is 0 Å². The summed E-state index contributed by atoms with van der Waals surface area (Å²) < 4.78 is 2.06. The predicted molar refractivity (Wildman–Crippen MR) is 73.7 cm³/mol. The molecule has 0 saturated carbocycles. The molecule has 0 radical (unpaired) electrons. The highest BCUT2D eigenvalue weighted by Gasteiger charge is 2.11. The van der Waals surface area contributed by atoms with Crippen LogP contribution in [-0.2, 0) is 20.1 Å². The second kappa shape index (κ2) is 4.82. The third-order valence-electron chi connectivity index (χ3n) is 3.32. The topological polar surface area (TPSA) is 50.9 Å². The van der Waals surface area contributed by atoms with Crippen molar-refractivity contribution >= 4 is 11.0 Å². The van der Waals surface area contributed by atoms with Crippen LogP contribution in [0.25, 0.3) is 11.0 Å². The number of hydrogen-bond donors (Lipinski definition) is 1. The Morgan fingerprint density at radius 3 is 2.68 bits per heavy atom. The highest BCUT2D eigenvalue weighted by Crippen LogP contribution is 2.19. The van der Waals surface area contributed by atoms with Crippen LogP contribution in [0.2, 0.25) is 0 Å². The van der Waals surface area contributed by atoms with Gasteiger partial charge in [0.05, 0.1) is 17.8 Å². The van der Waals surface area contributed by atoms with E-state index in [0.717, 1.165) is 23.3 Å². The number of benzene rings is 1. The number of hydrogen-bond acceptors (Lipinski definition) is 3. The lowest BCUT2D eigenvalue weighted by Crippen LogP contribution is -1.98. The summed E-state index contributed by atoms with van der Waals surface area (Å²) in [6.07, 6.45) is 2.48. The zero-order chi connectivity index (χ0) is 13.2. The Bertz CT molecular complexity index is 704. The van der Waals surface area contributed by atoms with Crippen molar-refractivity contribution in [2.45, 2.75) is 13.0 Å². The Labute approximate surface area is 111 Å². The van der Waals surface area contributed by atoms with Gasteiger partial charge in [-0.1, -0.05) is 30.3 Å². The molecule has 3 aromatic rings. The monoisotopic (exact) mass is 253 g/mol. The zero-order valence-corrected chi connectivity index (χ0v) is 10.7. The lowest BCUT2D eigenvalue weighted by molar-refractivity contribution is 0.278. The van der Waals surface area contributed by atoms with E-state index in [2.05, 4.69) is 26.7 Å². The summed E-state index contributed by atoms with van der Waals surface area (Å²) in [6, 6.07) is 12.2. The van der Waals surface area contributed by atoms with Crippen LogP contribution in [0, 0.1) is 0 Å². The Kier molecular flexibility index (Phi) is 3.01. The van der Waals surface area contributed by atoms with Gasteiger partial charge in [0.2, 0.25) is 0 Å². The molecular formula is C15H15N3O. The third-order valence-corrected chi connectivity index (χ3v) is 3.32. The molecular weight excluding hydrogens is 238 g/mol. The van der Waals surface area contributed by atoms with Crippen LogP contribution in [0.3, 0.4) is 0 Å². The minimum absolute atomic E-state index is 0.0842. The molecule has 0 aliphatic rings. The van der Waals surface area contributed by atoms with Crippen LogP contribution in [0.5, 0.6) is 0 Å². The van der Waals surface area contributed by atoms with Crippen molar-refractivity contribution in [1.29, 1.82) is 0 Å². The fraction of sp³-hybridized carbons (Fsp3) is 0.200. The third kappa shape index (κ3) is 2.11. The van der Waals surface area contributed by atoms with E-state index in [1.165, 1.54) is 5.56 Å². The molecule has 0 atom stereocenters. The maximum atomic E-state index is 9.31. The van der Waals surface area contributed by atoms with Crippen molar-refractivity contribution in [3.05, 3.63) is 59.7 Å². The highest BCUT2D eigenvalue weighted by molar-refractivity contribution is 5.78. The first-order chi connectivity index (χ1) is 9.29. The van der Waals surface area contributed by atoms with Gasteiger partial charge in [0, 0.05) is 19.7 Å². The van der Waals surface area contributed by atoms with Gasteiger partial charge in [-0.05, 0) is 11.6 Å². The van der Waals surface area contributed by atoms with Gasteiger partial charge in [0.15, 0.2) is 0 Å². The summed E-state index contributed by atoms with van der Waals surface area (Å²) >= 11 is 0. The molecule has 0 bridgehead atoms. The standard InChI is InChI=1S/C15H15N3O/c1-18-13-7-8-16-12(10-19)15(13)17-14(18)9-11-5-3-2-4-6-11/h2-8,19H,9-10H2,1H3. The fourth-order valence-corrected chi connectivity index (χ4v) is 2.27. The van der Waals surface area contributed by atoms with Gasteiger partial charge in [-0.25, -0.2) is 4.98 Å². The van der Waals surface area contributed by atoms with Crippen molar-refractivity contribution < 1.29 is 5.11 Å². The predicted octanol–water partition coefficient (Wildman–Crippen LogP) is 2.05. The SMILES string of the molecule is Cn1c(Cc2ccccc2)nc2c(CO)nccc21. The first-order valence-corrected chi connectivity index (χ1v) is 6.23. The molecule has 1 N–H and O–H groups in total. The van der Waals surface area contributed by atoms with Crippen molar-refractivity contribution in [3.8, 4) is 0 Å². The Balaban J connectivity index is 2.08. The van der Waals surface area contributed by atoms with E-state index in [4.69, 9.17) is 0 Å². The van der Waals surface area contributed by atoms with Crippen molar-refractivity contribution in [1.82, 2.24) is 14.5 Å². The second-order valence-corrected chi connectivity index (χ2v) is 4.53. The van der Waals surface area contributed by atoms with Crippen LogP contribution in [0.15, 0.2) is 42.6 Å². The summed E-state index contributed by atoms with van der Waals surface area (Å²) in [7, 11) is 1.99. The van der Waals surface area contributed by atoms with Crippen LogP contribution >= 0.6 is 0 Å². The van der Waals surface area contributed by atoms with Gasteiger partial charge in [-0.3, -0.25) is 4.98 Å². The largest absolute Gasteiger partial charge is 0.390 e. The zero-order valence-electron chi connectivity index (χ0n) is 10.7. The summed E-state index contributed by atoms with van der Waals surface area (Å²) in [5.41, 5.74) is 3.65. The molecule has 0 saturated heterocycles. The number of aryl methyl sites for hydroxylation is 1. The van der Waals surface area contributed by atoms with Crippen LogP contribution in [-0.4, -0.2) is 19.6 Å². The molecule has 4 nitrogen and oxygen atoms in total. The highest BCUT2D eigenvalue weighted by atomic mass is 16.3. The van der Waals surface area contributed by atoms with Crippen LogP contribution in [0.1, 0.15) is 17.1 Å². The van der Waals surface area contributed by atoms with Gasteiger partial charge < -0.3 is 9.67 Å². The Morgan fingerprint density at radius 1 is 1.16 bits per heavy atom. The van der Waals surface area contributed by atoms with Gasteiger partial charge in [0.1, 0.15) is 11.3 Å². The number of fused-ring (bicyclic) bond motifs is 1. The number of nitrogens with zero attached hydrogens (tertiary/aromatic N) is 3. The van der Waals surface area contributed by atoms with E-state index in [1.54, 1.807) is 6.20 Å². The molecule has 0 amide bonds. The van der Waals surface area contributed by atoms with Crippen molar-refractivity contribution in [3.63, 3.8) is 0 Å². The number of aromatic nitrogens is 3. The van der Waals surface area contributed by atoms with E-state index in [9.17, 15) is 5.11 Å². The molecule has 2 heterocycles. The maximum Gasteiger partial charge on any atom is 0.114 e. The second-order valence-electron chi connectivity index (χ2n) is 4.53. The normalized spacial score (nSPS) is 11.1. The minimum atomic E-state index is -0.0842. The van der Waals surface area contributed by atoms with E-state index in [-0.39, 0.29) is 6.61 Å². The lowest BCUT2D eigenvalue weighted by Gasteiger charge is -2.02. The number of aliphatic hydroxyl groups is 1. The Morgan fingerprint density at radius 2 is 1.95 bits per heavy atom. The molecule has 0 unspecified atom stereocenters. The maximum absolute atomic E-state index is 9.31. The quantitative estimate of drug-likeness (QED) is 0.777. The van der Waals surface area contributed by atoms with E-state index in [1.807, 2.05) is 31.3 Å². The molecule has 3 rings (SSSR count). The van der Waals surface area contributed by atoms with Crippen LogP contribution in [0.4, 0.5) is 0 Å². The molecule has 1 aromatic carbocycles. The first kappa shape index (κ1) is 11.9. The smallest absolute Gasteiger partial charge is 0.114 e. The van der Waals surface area contributed by atoms with E-state index >= 15 is 0 Å². The molecule has 0 aliphatic heterocycles. The van der Waals surface area contributed by atoms with Gasteiger partial charge >= 0.3 is 0 Å². The minimum Gasteiger partial charge on any atom is -0.390 e. The number of pyridine rings is 1. The molecule has 0 fully saturated rings. The fourth-order valence-electron chi connectivity index (χ4n) is 2.27. The van der Waals surface area contributed by atoms with Crippen LogP contribution < -0.4 is 0 Å². The number of rotatable bonds is 3. The summed E-state index contributed by atoms with van der Waals surface area (Å²) in [4.78, 5) is 8.78. The molecule has 96 valence electrons. The molecule has 2 aromatic heterocycles. The number of imidazole rings is 1. The van der Waals surface area contributed by atoms with E-state index in [0.29, 0.717) is 5.69 Å². The van der Waals surface area contributed by atoms with E-state index < -0.39 is 0 Å². The van der Waals surface area contributed by atoms with Gasteiger partial charge in [-0.2, -0.15) is 0 Å². The summed E-state index contributed by atoms with van der Waals surface area (Å²) in [6.45, 7) is -0.0842. The average Bonchev–Trinajstić information content (AvgIpc) is 2.77. The van der Waals surface area contributed by atoms with Crippen molar-refractivity contribution in [2.75, 3.05) is 0 Å². The first-order valence-electron chi connectivity index (χ1n) is 6.23. The average molecular weight is 253 g/mol. The molecule has 19 heavy (non-hydrogen) atoms.